The lowest BCUT2D eigenvalue weighted by Gasteiger charge is -2.16. The Hall–Kier alpha value is -3.81. The number of rotatable bonds is 5. The summed E-state index contributed by atoms with van der Waals surface area (Å²) in [5.41, 5.74) is 2.97. The monoisotopic (exact) mass is 401 g/mol. The van der Waals surface area contributed by atoms with Crippen LogP contribution in [-0.2, 0) is 6.54 Å². The number of benzene rings is 2. The van der Waals surface area contributed by atoms with Gasteiger partial charge in [-0.3, -0.25) is 0 Å². The summed E-state index contributed by atoms with van der Waals surface area (Å²) in [6.45, 7) is 4.97. The number of nitrogens with zero attached hydrogens (tertiary/aromatic N) is 6. The third-order valence-electron chi connectivity index (χ3n) is 5.13. The van der Waals surface area contributed by atoms with E-state index in [1.54, 1.807) is 22.7 Å². The van der Waals surface area contributed by atoms with Crippen LogP contribution < -0.4 is 5.32 Å². The fourth-order valence-corrected chi connectivity index (χ4v) is 3.72. The van der Waals surface area contributed by atoms with E-state index in [1.165, 1.54) is 6.07 Å². The molecule has 3 heterocycles. The molecular formula is C22H20FN7. The SMILES string of the molecule is CCn1c(C(C)Nc2ccc3nnc(-c4ccccc4F)n3n2)nc2ccccc21. The lowest BCUT2D eigenvalue weighted by atomic mass is 10.2. The van der Waals surface area contributed by atoms with Gasteiger partial charge in [0.2, 0.25) is 0 Å². The van der Waals surface area contributed by atoms with Gasteiger partial charge in [-0.05, 0) is 50.2 Å². The highest BCUT2D eigenvalue weighted by atomic mass is 19.1. The predicted octanol–water partition coefficient (Wildman–Crippen LogP) is 4.47. The fourth-order valence-electron chi connectivity index (χ4n) is 3.72. The van der Waals surface area contributed by atoms with Crippen molar-refractivity contribution < 1.29 is 4.39 Å². The quantitative estimate of drug-likeness (QED) is 0.470. The molecule has 0 amide bonds. The number of fused-ring (bicyclic) bond motifs is 2. The number of imidazole rings is 1. The van der Waals surface area contributed by atoms with E-state index < -0.39 is 0 Å². The topological polar surface area (TPSA) is 72.9 Å². The average Bonchev–Trinajstić information content (AvgIpc) is 3.35. The van der Waals surface area contributed by atoms with Crippen LogP contribution in [0.15, 0.2) is 60.7 Å². The summed E-state index contributed by atoms with van der Waals surface area (Å²) in [5, 5.41) is 16.2. The summed E-state index contributed by atoms with van der Waals surface area (Å²) < 4.78 is 18.0. The molecule has 8 heteroatoms. The molecule has 1 atom stereocenters. The van der Waals surface area contributed by atoms with Gasteiger partial charge in [-0.15, -0.1) is 15.3 Å². The summed E-state index contributed by atoms with van der Waals surface area (Å²) in [6, 6.07) is 18.1. The van der Waals surface area contributed by atoms with Crippen molar-refractivity contribution in [2.75, 3.05) is 5.32 Å². The largest absolute Gasteiger partial charge is 0.359 e. The second-order valence-corrected chi connectivity index (χ2v) is 7.06. The summed E-state index contributed by atoms with van der Waals surface area (Å²) >= 11 is 0. The van der Waals surface area contributed by atoms with E-state index in [0.29, 0.717) is 22.9 Å². The Morgan fingerprint density at radius 3 is 2.63 bits per heavy atom. The van der Waals surface area contributed by atoms with E-state index in [2.05, 4.69) is 38.2 Å². The Labute approximate surface area is 172 Å². The van der Waals surface area contributed by atoms with Crippen molar-refractivity contribution in [1.29, 1.82) is 0 Å². The van der Waals surface area contributed by atoms with Crippen LogP contribution in [0.3, 0.4) is 0 Å². The lowest BCUT2D eigenvalue weighted by molar-refractivity contribution is 0.629. The van der Waals surface area contributed by atoms with Crippen molar-refractivity contribution in [1.82, 2.24) is 29.4 Å². The first-order valence-electron chi connectivity index (χ1n) is 9.84. The zero-order valence-electron chi connectivity index (χ0n) is 16.6. The van der Waals surface area contributed by atoms with Crippen LogP contribution in [0.4, 0.5) is 10.2 Å². The number of halogens is 1. The van der Waals surface area contributed by atoms with Crippen molar-refractivity contribution in [3.05, 3.63) is 72.3 Å². The predicted molar refractivity (Wildman–Crippen MR) is 114 cm³/mol. The Balaban J connectivity index is 1.52. The maximum absolute atomic E-state index is 14.3. The first-order valence-corrected chi connectivity index (χ1v) is 9.84. The van der Waals surface area contributed by atoms with Gasteiger partial charge in [-0.25, -0.2) is 9.37 Å². The lowest BCUT2D eigenvalue weighted by Crippen LogP contribution is -2.15. The van der Waals surface area contributed by atoms with Crippen LogP contribution in [0.5, 0.6) is 0 Å². The number of hydrogen-bond acceptors (Lipinski definition) is 5. The second kappa shape index (κ2) is 7.22. The van der Waals surface area contributed by atoms with Crippen LogP contribution in [0.1, 0.15) is 25.7 Å². The highest BCUT2D eigenvalue weighted by Gasteiger charge is 2.18. The van der Waals surface area contributed by atoms with E-state index in [0.717, 1.165) is 23.4 Å². The zero-order chi connectivity index (χ0) is 20.7. The van der Waals surface area contributed by atoms with E-state index in [4.69, 9.17) is 4.98 Å². The molecule has 0 aliphatic heterocycles. The van der Waals surface area contributed by atoms with E-state index in [1.807, 2.05) is 37.3 Å². The maximum Gasteiger partial charge on any atom is 0.188 e. The Kier molecular flexibility index (Phi) is 4.39. The van der Waals surface area contributed by atoms with Crippen LogP contribution in [0.2, 0.25) is 0 Å². The van der Waals surface area contributed by atoms with Crippen LogP contribution in [0, 0.1) is 5.82 Å². The Morgan fingerprint density at radius 2 is 1.80 bits per heavy atom. The third kappa shape index (κ3) is 2.97. The molecule has 0 saturated carbocycles. The highest BCUT2D eigenvalue weighted by molar-refractivity contribution is 5.76. The minimum Gasteiger partial charge on any atom is -0.359 e. The highest BCUT2D eigenvalue weighted by Crippen LogP contribution is 2.25. The number of aryl methyl sites for hydroxylation is 1. The van der Waals surface area contributed by atoms with E-state index >= 15 is 0 Å². The van der Waals surface area contributed by atoms with Gasteiger partial charge in [0.1, 0.15) is 17.5 Å². The Morgan fingerprint density at radius 1 is 1.00 bits per heavy atom. The van der Waals surface area contributed by atoms with Gasteiger partial charge in [0.15, 0.2) is 11.5 Å². The number of anilines is 1. The van der Waals surface area contributed by atoms with Crippen LogP contribution >= 0.6 is 0 Å². The van der Waals surface area contributed by atoms with Gasteiger partial charge in [0.25, 0.3) is 0 Å². The summed E-state index contributed by atoms with van der Waals surface area (Å²) in [6.07, 6.45) is 0. The molecule has 30 heavy (non-hydrogen) atoms. The molecule has 0 aliphatic rings. The smallest absolute Gasteiger partial charge is 0.188 e. The number of nitrogens with one attached hydrogen (secondary N) is 1. The Bertz CT molecular complexity index is 1350. The van der Waals surface area contributed by atoms with Gasteiger partial charge in [0, 0.05) is 6.54 Å². The van der Waals surface area contributed by atoms with Gasteiger partial charge < -0.3 is 9.88 Å². The molecule has 0 fully saturated rings. The van der Waals surface area contributed by atoms with Crippen LogP contribution in [-0.4, -0.2) is 29.4 Å². The number of aromatic nitrogens is 6. The second-order valence-electron chi connectivity index (χ2n) is 7.06. The first-order chi connectivity index (χ1) is 14.7. The molecule has 1 N–H and O–H groups in total. The van der Waals surface area contributed by atoms with Gasteiger partial charge in [-0.1, -0.05) is 24.3 Å². The third-order valence-corrected chi connectivity index (χ3v) is 5.13. The molecule has 1 unspecified atom stereocenters. The number of para-hydroxylation sites is 2. The number of hydrogen-bond donors (Lipinski definition) is 1. The molecule has 0 radical (unpaired) electrons. The first kappa shape index (κ1) is 18.2. The van der Waals surface area contributed by atoms with Crippen molar-refractivity contribution in [3.63, 3.8) is 0 Å². The summed E-state index contributed by atoms with van der Waals surface area (Å²) in [5.74, 6) is 1.55. The standard InChI is InChI=1S/C22H20FN7/c1-3-29-18-11-7-6-10-17(18)25-21(29)14(2)24-19-12-13-20-26-27-22(30(20)28-19)15-8-4-5-9-16(15)23/h4-14H,3H2,1-2H3,(H,24,28). The zero-order valence-corrected chi connectivity index (χ0v) is 16.6. The molecular weight excluding hydrogens is 381 g/mol. The fraction of sp³-hybridized carbons (Fsp3) is 0.182. The minimum absolute atomic E-state index is 0.0873. The van der Waals surface area contributed by atoms with Crippen molar-refractivity contribution in [2.24, 2.45) is 0 Å². The van der Waals surface area contributed by atoms with Crippen molar-refractivity contribution >= 4 is 22.5 Å². The van der Waals surface area contributed by atoms with Gasteiger partial charge >= 0.3 is 0 Å². The average molecular weight is 401 g/mol. The van der Waals surface area contributed by atoms with Crippen LogP contribution in [0.25, 0.3) is 28.1 Å². The molecule has 3 aromatic heterocycles. The molecule has 0 spiro atoms. The van der Waals surface area contributed by atoms with Crippen molar-refractivity contribution in [2.45, 2.75) is 26.4 Å². The normalized spacial score (nSPS) is 12.5. The molecule has 2 aromatic carbocycles. The summed E-state index contributed by atoms with van der Waals surface area (Å²) in [7, 11) is 0. The molecule has 0 saturated heterocycles. The van der Waals surface area contributed by atoms with E-state index in [9.17, 15) is 4.39 Å². The van der Waals surface area contributed by atoms with Gasteiger partial charge in [0.05, 0.1) is 22.6 Å². The molecule has 5 aromatic rings. The summed E-state index contributed by atoms with van der Waals surface area (Å²) in [4.78, 5) is 4.80. The molecule has 0 bridgehead atoms. The van der Waals surface area contributed by atoms with Gasteiger partial charge in [-0.2, -0.15) is 4.52 Å². The molecule has 150 valence electrons. The van der Waals surface area contributed by atoms with Crippen molar-refractivity contribution in [3.8, 4) is 11.4 Å². The molecule has 5 rings (SSSR count). The maximum atomic E-state index is 14.3. The minimum atomic E-state index is -0.364. The molecule has 7 nitrogen and oxygen atoms in total. The molecule has 0 aliphatic carbocycles. The van der Waals surface area contributed by atoms with E-state index in [-0.39, 0.29) is 11.9 Å².